The number of hydrogen-bond donors (Lipinski definition) is 1. The van der Waals surface area contributed by atoms with E-state index in [9.17, 15) is 0 Å². The monoisotopic (exact) mass is 217 g/mol. The van der Waals surface area contributed by atoms with Gasteiger partial charge in [0.1, 0.15) is 0 Å². The largest absolute Gasteiger partial charge is 0.318 e. The lowest BCUT2D eigenvalue weighted by Gasteiger charge is -2.25. The van der Waals surface area contributed by atoms with Crippen LogP contribution in [0.5, 0.6) is 0 Å². The fourth-order valence-electron chi connectivity index (χ4n) is 1.60. The second kappa shape index (κ2) is 6.26. The first-order valence-corrected chi connectivity index (χ1v) is 5.54. The van der Waals surface area contributed by atoms with Crippen molar-refractivity contribution < 1.29 is 0 Å². The fourth-order valence-corrected chi connectivity index (χ4v) is 1.60. The maximum atomic E-state index is 8.85. The first-order chi connectivity index (χ1) is 7.69. The highest BCUT2D eigenvalue weighted by atomic mass is 15.1. The molecule has 0 saturated heterocycles. The molecule has 1 rings (SSSR count). The van der Waals surface area contributed by atoms with Gasteiger partial charge in [-0.05, 0) is 38.7 Å². The van der Waals surface area contributed by atoms with Gasteiger partial charge < -0.3 is 5.32 Å². The van der Waals surface area contributed by atoms with Crippen LogP contribution in [0.4, 0.5) is 0 Å². The van der Waals surface area contributed by atoms with E-state index in [-0.39, 0.29) is 0 Å². The second-order valence-corrected chi connectivity index (χ2v) is 4.00. The minimum absolute atomic E-state index is 0.335. The summed E-state index contributed by atoms with van der Waals surface area (Å²) in [5.41, 5.74) is 1.92. The Morgan fingerprint density at radius 2 is 2.25 bits per heavy atom. The lowest BCUT2D eigenvalue weighted by Crippen LogP contribution is -2.29. The normalized spacial score (nSPS) is 12.4. The third kappa shape index (κ3) is 3.34. The lowest BCUT2D eigenvalue weighted by atomic mass is 10.0. The van der Waals surface area contributed by atoms with Crippen molar-refractivity contribution >= 4 is 0 Å². The smallest absolute Gasteiger partial charge is 0.0991 e. The highest BCUT2D eigenvalue weighted by molar-refractivity contribution is 5.34. The zero-order valence-corrected chi connectivity index (χ0v) is 10.2. The van der Waals surface area contributed by atoms with Crippen LogP contribution in [-0.2, 0) is 0 Å². The number of rotatable bonds is 5. The molecule has 86 valence electrons. The van der Waals surface area contributed by atoms with E-state index in [1.165, 1.54) is 5.56 Å². The number of nitrogens with zero attached hydrogens (tertiary/aromatic N) is 2. The Morgan fingerprint density at radius 3 is 2.88 bits per heavy atom. The van der Waals surface area contributed by atoms with Crippen molar-refractivity contribution in [3.8, 4) is 6.07 Å². The van der Waals surface area contributed by atoms with Crippen molar-refractivity contribution in [2.75, 3.05) is 27.2 Å². The van der Waals surface area contributed by atoms with Gasteiger partial charge in [-0.2, -0.15) is 5.26 Å². The van der Waals surface area contributed by atoms with Gasteiger partial charge in [-0.1, -0.05) is 12.1 Å². The first-order valence-electron chi connectivity index (χ1n) is 5.54. The van der Waals surface area contributed by atoms with E-state index in [0.717, 1.165) is 18.7 Å². The molecular formula is C13H19N3. The third-order valence-electron chi connectivity index (χ3n) is 2.87. The zero-order valence-electron chi connectivity index (χ0n) is 10.2. The molecule has 1 unspecified atom stereocenters. The van der Waals surface area contributed by atoms with Gasteiger partial charge in [0, 0.05) is 19.1 Å². The van der Waals surface area contributed by atoms with E-state index in [2.05, 4.69) is 36.3 Å². The Morgan fingerprint density at radius 1 is 1.50 bits per heavy atom. The highest BCUT2D eigenvalue weighted by Gasteiger charge is 2.11. The van der Waals surface area contributed by atoms with Crippen LogP contribution in [0.2, 0.25) is 0 Å². The van der Waals surface area contributed by atoms with Gasteiger partial charge in [-0.3, -0.25) is 4.90 Å². The number of nitrogens with one attached hydrogen (secondary N) is 1. The first kappa shape index (κ1) is 12.7. The number of nitriles is 1. The van der Waals surface area contributed by atoms with Crippen LogP contribution in [0, 0.1) is 11.3 Å². The van der Waals surface area contributed by atoms with E-state index >= 15 is 0 Å². The molecule has 1 N–H and O–H groups in total. The quantitative estimate of drug-likeness (QED) is 0.817. The van der Waals surface area contributed by atoms with Gasteiger partial charge in [0.05, 0.1) is 11.6 Å². The summed E-state index contributed by atoms with van der Waals surface area (Å²) in [6, 6.07) is 10.3. The van der Waals surface area contributed by atoms with Gasteiger partial charge in [0.25, 0.3) is 0 Å². The zero-order chi connectivity index (χ0) is 12.0. The van der Waals surface area contributed by atoms with Crippen LogP contribution >= 0.6 is 0 Å². The molecule has 1 atom stereocenters. The predicted octanol–water partition coefficient (Wildman–Crippen LogP) is 1.77. The molecule has 0 saturated carbocycles. The molecule has 3 heteroatoms. The Bertz CT molecular complexity index is 368. The highest BCUT2D eigenvalue weighted by Crippen LogP contribution is 2.18. The Balaban J connectivity index is 2.71. The molecule has 0 aromatic heterocycles. The van der Waals surface area contributed by atoms with Gasteiger partial charge in [0.15, 0.2) is 0 Å². The van der Waals surface area contributed by atoms with E-state index < -0.39 is 0 Å². The van der Waals surface area contributed by atoms with Crippen LogP contribution in [0.25, 0.3) is 0 Å². The minimum atomic E-state index is 0.335. The van der Waals surface area contributed by atoms with Crippen molar-refractivity contribution in [2.24, 2.45) is 0 Å². The molecular weight excluding hydrogens is 198 g/mol. The Kier molecular flexibility index (Phi) is 4.97. The van der Waals surface area contributed by atoms with Crippen molar-refractivity contribution in [2.45, 2.75) is 13.0 Å². The summed E-state index contributed by atoms with van der Waals surface area (Å²) in [7, 11) is 4.05. The van der Waals surface area contributed by atoms with E-state index in [4.69, 9.17) is 5.26 Å². The predicted molar refractivity (Wildman–Crippen MR) is 66.1 cm³/mol. The summed E-state index contributed by atoms with van der Waals surface area (Å²) in [5, 5.41) is 12.0. The fraction of sp³-hybridized carbons (Fsp3) is 0.462. The summed E-state index contributed by atoms with van der Waals surface area (Å²) in [6.07, 6.45) is 0. The molecule has 3 nitrogen and oxygen atoms in total. The van der Waals surface area contributed by atoms with Crippen molar-refractivity contribution in [3.63, 3.8) is 0 Å². The molecule has 0 radical (unpaired) electrons. The van der Waals surface area contributed by atoms with E-state index in [0.29, 0.717) is 6.04 Å². The second-order valence-electron chi connectivity index (χ2n) is 4.00. The molecule has 0 spiro atoms. The molecule has 0 aliphatic heterocycles. The van der Waals surface area contributed by atoms with Crippen LogP contribution in [0.15, 0.2) is 24.3 Å². The molecule has 0 aliphatic carbocycles. The van der Waals surface area contributed by atoms with Crippen LogP contribution < -0.4 is 5.32 Å². The minimum Gasteiger partial charge on any atom is -0.318 e. The van der Waals surface area contributed by atoms with Gasteiger partial charge in [-0.25, -0.2) is 0 Å². The maximum Gasteiger partial charge on any atom is 0.0991 e. The van der Waals surface area contributed by atoms with Crippen molar-refractivity contribution in [3.05, 3.63) is 35.4 Å². The van der Waals surface area contributed by atoms with Gasteiger partial charge >= 0.3 is 0 Å². The lowest BCUT2D eigenvalue weighted by molar-refractivity contribution is 0.263. The number of benzene rings is 1. The summed E-state index contributed by atoms with van der Waals surface area (Å²) in [5.74, 6) is 0. The molecule has 0 heterocycles. The van der Waals surface area contributed by atoms with Crippen molar-refractivity contribution in [1.29, 1.82) is 5.26 Å². The van der Waals surface area contributed by atoms with E-state index in [1.807, 2.05) is 25.2 Å². The molecule has 0 bridgehead atoms. The molecule has 1 aromatic rings. The number of hydrogen-bond acceptors (Lipinski definition) is 3. The summed E-state index contributed by atoms with van der Waals surface area (Å²) in [4.78, 5) is 2.27. The topological polar surface area (TPSA) is 39.1 Å². The molecule has 0 fully saturated rings. The Labute approximate surface area is 97.7 Å². The van der Waals surface area contributed by atoms with Crippen LogP contribution in [-0.4, -0.2) is 32.1 Å². The number of likely N-dealkylation sites (N-methyl/N-ethyl adjacent to an activating group) is 2. The molecule has 0 amide bonds. The molecule has 0 aliphatic rings. The third-order valence-corrected chi connectivity index (χ3v) is 2.87. The average Bonchev–Trinajstić information content (AvgIpc) is 2.35. The standard InChI is InChI=1S/C13H19N3/c1-11(16(3)8-7-15-2)13-6-4-5-12(9-13)10-14/h4-6,9,11,15H,7-8H2,1-3H3. The van der Waals surface area contributed by atoms with Crippen LogP contribution in [0.1, 0.15) is 24.1 Å². The average molecular weight is 217 g/mol. The van der Waals surface area contributed by atoms with E-state index in [1.54, 1.807) is 0 Å². The maximum absolute atomic E-state index is 8.85. The SMILES string of the molecule is CNCCN(C)C(C)c1cccc(C#N)c1. The summed E-state index contributed by atoms with van der Waals surface area (Å²) < 4.78 is 0. The van der Waals surface area contributed by atoms with Crippen LogP contribution in [0.3, 0.4) is 0 Å². The van der Waals surface area contributed by atoms with Gasteiger partial charge in [0.2, 0.25) is 0 Å². The van der Waals surface area contributed by atoms with Crippen molar-refractivity contribution in [1.82, 2.24) is 10.2 Å². The Hall–Kier alpha value is -1.37. The van der Waals surface area contributed by atoms with Gasteiger partial charge in [-0.15, -0.1) is 0 Å². The molecule has 16 heavy (non-hydrogen) atoms. The molecule has 1 aromatic carbocycles. The summed E-state index contributed by atoms with van der Waals surface area (Å²) in [6.45, 7) is 4.12. The summed E-state index contributed by atoms with van der Waals surface area (Å²) >= 11 is 0.